The maximum Gasteiger partial charge on any atom is 0.328 e. The van der Waals surface area contributed by atoms with Crippen molar-refractivity contribution in [2.75, 3.05) is 0 Å². The van der Waals surface area contributed by atoms with Crippen LogP contribution in [-0.2, 0) is 10.3 Å². The predicted molar refractivity (Wildman–Crippen MR) is 78.9 cm³/mol. The van der Waals surface area contributed by atoms with Gasteiger partial charge in [-0.1, -0.05) is 32.9 Å². The molecular weight excluding hydrogens is 268 g/mol. The van der Waals surface area contributed by atoms with Crippen molar-refractivity contribution in [2.24, 2.45) is 11.1 Å². The molecule has 0 spiro atoms. The van der Waals surface area contributed by atoms with E-state index >= 15 is 0 Å². The van der Waals surface area contributed by atoms with Crippen LogP contribution in [0.5, 0.6) is 0 Å². The quantitative estimate of drug-likeness (QED) is 0.896. The fourth-order valence-corrected chi connectivity index (χ4v) is 2.40. The number of nitrogens with zero attached hydrogens (tertiary/aromatic N) is 3. The molecule has 1 heterocycles. The van der Waals surface area contributed by atoms with Crippen LogP contribution >= 0.6 is 0 Å². The Labute approximate surface area is 123 Å². The van der Waals surface area contributed by atoms with Gasteiger partial charge in [0.25, 0.3) is 0 Å². The molecule has 0 fully saturated rings. The largest absolute Gasteiger partial charge is 0.480 e. The molecule has 2 rings (SSSR count). The van der Waals surface area contributed by atoms with Gasteiger partial charge in [0, 0.05) is 5.69 Å². The third-order valence-electron chi connectivity index (χ3n) is 3.29. The molecular formula is C15H20N4O2. The number of benzene rings is 1. The number of hydrogen-bond acceptors (Lipinski definition) is 4. The topological polar surface area (TPSA) is 94.0 Å². The van der Waals surface area contributed by atoms with E-state index < -0.39 is 11.5 Å². The first kappa shape index (κ1) is 15.2. The van der Waals surface area contributed by atoms with E-state index in [1.165, 1.54) is 0 Å². The molecule has 0 aliphatic heterocycles. The van der Waals surface area contributed by atoms with Gasteiger partial charge in [-0.05, 0) is 29.5 Å². The van der Waals surface area contributed by atoms with Gasteiger partial charge in [-0.2, -0.15) is 0 Å². The van der Waals surface area contributed by atoms with Crippen LogP contribution in [0.3, 0.4) is 0 Å². The summed E-state index contributed by atoms with van der Waals surface area (Å²) in [6.45, 7) is 5.93. The molecule has 0 aliphatic carbocycles. The highest BCUT2D eigenvalue weighted by molar-refractivity contribution is 5.80. The first-order valence-corrected chi connectivity index (χ1v) is 6.70. The van der Waals surface area contributed by atoms with Crippen molar-refractivity contribution in [3.05, 3.63) is 42.5 Å². The standard InChI is InChI=1S/C15H20N4O2/c1-14(2,3)8-15(16,13(20)21)11-4-6-12(7-5-11)19-9-17-18-10-19/h4-7,9-10H,8,16H2,1-3H3,(H,20,21)/t15-/m1/s1. The van der Waals surface area contributed by atoms with Crippen molar-refractivity contribution in [1.29, 1.82) is 0 Å². The molecule has 0 saturated heterocycles. The van der Waals surface area contributed by atoms with E-state index in [1.807, 2.05) is 32.9 Å². The summed E-state index contributed by atoms with van der Waals surface area (Å²) >= 11 is 0. The van der Waals surface area contributed by atoms with Crippen molar-refractivity contribution in [3.63, 3.8) is 0 Å². The van der Waals surface area contributed by atoms with Gasteiger partial charge in [0.05, 0.1) is 0 Å². The van der Waals surface area contributed by atoms with Crippen LogP contribution in [0.1, 0.15) is 32.8 Å². The van der Waals surface area contributed by atoms with Crippen LogP contribution < -0.4 is 5.73 Å². The van der Waals surface area contributed by atoms with Crippen molar-refractivity contribution < 1.29 is 9.90 Å². The van der Waals surface area contributed by atoms with Gasteiger partial charge < -0.3 is 10.8 Å². The fourth-order valence-electron chi connectivity index (χ4n) is 2.40. The number of rotatable bonds is 4. The van der Waals surface area contributed by atoms with Gasteiger partial charge in [-0.15, -0.1) is 10.2 Å². The summed E-state index contributed by atoms with van der Waals surface area (Å²) in [6.07, 6.45) is 3.51. The van der Waals surface area contributed by atoms with E-state index in [0.717, 1.165) is 5.69 Å². The van der Waals surface area contributed by atoms with Crippen LogP contribution in [0.2, 0.25) is 0 Å². The molecule has 0 bridgehead atoms. The molecule has 2 aromatic rings. The van der Waals surface area contributed by atoms with E-state index in [4.69, 9.17) is 5.73 Å². The van der Waals surface area contributed by atoms with Crippen molar-refractivity contribution in [1.82, 2.24) is 14.8 Å². The average Bonchev–Trinajstić information content (AvgIpc) is 2.90. The van der Waals surface area contributed by atoms with Crippen LogP contribution in [0.25, 0.3) is 5.69 Å². The third kappa shape index (κ3) is 3.28. The van der Waals surface area contributed by atoms with Gasteiger partial charge in [0.1, 0.15) is 18.2 Å². The molecule has 0 unspecified atom stereocenters. The molecule has 6 heteroatoms. The number of carbonyl (C=O) groups is 1. The smallest absolute Gasteiger partial charge is 0.328 e. The Morgan fingerprint density at radius 2 is 1.71 bits per heavy atom. The lowest BCUT2D eigenvalue weighted by Gasteiger charge is -2.32. The molecule has 21 heavy (non-hydrogen) atoms. The zero-order chi connectivity index (χ0) is 15.7. The number of carboxylic acids is 1. The second-order valence-electron chi connectivity index (χ2n) is 6.43. The minimum atomic E-state index is -1.40. The zero-order valence-electron chi connectivity index (χ0n) is 12.4. The molecule has 0 radical (unpaired) electrons. The molecule has 0 amide bonds. The van der Waals surface area contributed by atoms with Crippen molar-refractivity contribution in [3.8, 4) is 5.69 Å². The predicted octanol–water partition coefficient (Wildman–Crippen LogP) is 1.94. The molecule has 3 N–H and O–H groups in total. The highest BCUT2D eigenvalue weighted by Gasteiger charge is 2.39. The van der Waals surface area contributed by atoms with Gasteiger partial charge in [0.15, 0.2) is 0 Å². The molecule has 1 aromatic heterocycles. The highest BCUT2D eigenvalue weighted by Crippen LogP contribution is 2.33. The Hall–Kier alpha value is -2.21. The second-order valence-corrected chi connectivity index (χ2v) is 6.43. The Kier molecular flexibility index (Phi) is 3.82. The first-order valence-electron chi connectivity index (χ1n) is 6.70. The van der Waals surface area contributed by atoms with E-state index in [-0.39, 0.29) is 5.41 Å². The third-order valence-corrected chi connectivity index (χ3v) is 3.29. The number of carboxylic acid groups (broad SMARTS) is 1. The lowest BCUT2D eigenvalue weighted by atomic mass is 9.76. The van der Waals surface area contributed by atoms with Gasteiger partial charge in [0.2, 0.25) is 0 Å². The van der Waals surface area contributed by atoms with E-state index in [1.54, 1.807) is 29.4 Å². The monoisotopic (exact) mass is 288 g/mol. The lowest BCUT2D eigenvalue weighted by Crippen LogP contribution is -2.47. The Bertz CT molecular complexity index is 614. The molecule has 0 saturated carbocycles. The SMILES string of the molecule is CC(C)(C)C[C@](N)(C(=O)O)c1ccc(-n2cnnc2)cc1. The summed E-state index contributed by atoms with van der Waals surface area (Å²) in [5.74, 6) is -1.02. The van der Waals surface area contributed by atoms with Crippen LogP contribution in [0.15, 0.2) is 36.9 Å². The summed E-state index contributed by atoms with van der Waals surface area (Å²) in [5.41, 5.74) is 6.03. The summed E-state index contributed by atoms with van der Waals surface area (Å²) in [6, 6.07) is 7.11. The van der Waals surface area contributed by atoms with E-state index in [0.29, 0.717) is 12.0 Å². The zero-order valence-corrected chi connectivity index (χ0v) is 12.4. The Balaban J connectivity index is 2.36. The van der Waals surface area contributed by atoms with E-state index in [9.17, 15) is 9.90 Å². The minimum absolute atomic E-state index is 0.194. The Morgan fingerprint density at radius 3 is 2.14 bits per heavy atom. The van der Waals surface area contributed by atoms with E-state index in [2.05, 4.69) is 10.2 Å². The maximum atomic E-state index is 11.7. The molecule has 6 nitrogen and oxygen atoms in total. The van der Waals surface area contributed by atoms with Crippen LogP contribution in [-0.4, -0.2) is 25.8 Å². The Morgan fingerprint density at radius 1 is 1.19 bits per heavy atom. The van der Waals surface area contributed by atoms with Gasteiger partial charge in [-0.25, -0.2) is 4.79 Å². The number of aromatic nitrogens is 3. The van der Waals surface area contributed by atoms with Gasteiger partial charge >= 0.3 is 5.97 Å². The minimum Gasteiger partial charge on any atom is -0.480 e. The number of nitrogens with two attached hydrogens (primary N) is 1. The summed E-state index contributed by atoms with van der Waals surface area (Å²) < 4.78 is 1.74. The van der Waals surface area contributed by atoms with Crippen molar-refractivity contribution in [2.45, 2.75) is 32.7 Å². The van der Waals surface area contributed by atoms with Gasteiger partial charge in [-0.3, -0.25) is 4.57 Å². The lowest BCUT2D eigenvalue weighted by molar-refractivity contribution is -0.145. The average molecular weight is 288 g/mol. The van der Waals surface area contributed by atoms with Crippen LogP contribution in [0, 0.1) is 5.41 Å². The molecule has 1 atom stereocenters. The molecule has 0 aliphatic rings. The maximum absolute atomic E-state index is 11.7. The summed E-state index contributed by atoms with van der Waals surface area (Å²) in [4.78, 5) is 11.7. The summed E-state index contributed by atoms with van der Waals surface area (Å²) in [7, 11) is 0. The number of hydrogen-bond donors (Lipinski definition) is 2. The highest BCUT2D eigenvalue weighted by atomic mass is 16.4. The van der Waals surface area contributed by atoms with Crippen molar-refractivity contribution >= 4 is 5.97 Å². The summed E-state index contributed by atoms with van der Waals surface area (Å²) in [5, 5.41) is 17.0. The fraction of sp³-hybridized carbons (Fsp3) is 0.400. The molecule has 1 aromatic carbocycles. The first-order chi connectivity index (χ1) is 9.72. The second kappa shape index (κ2) is 5.29. The normalized spacial score (nSPS) is 14.7. The number of aliphatic carboxylic acids is 1. The van der Waals surface area contributed by atoms with Crippen LogP contribution in [0.4, 0.5) is 0 Å². The molecule has 112 valence electrons.